The van der Waals surface area contributed by atoms with Crippen molar-refractivity contribution in [3.8, 4) is 0 Å². The van der Waals surface area contributed by atoms with Crippen molar-refractivity contribution in [1.82, 2.24) is 0 Å². The van der Waals surface area contributed by atoms with Crippen molar-refractivity contribution in [1.29, 1.82) is 0 Å². The molecule has 0 bridgehead atoms. The zero-order valence-corrected chi connectivity index (χ0v) is 4.63. The van der Waals surface area contributed by atoms with Gasteiger partial charge in [-0.25, -0.2) is 0 Å². The molecule has 0 aliphatic carbocycles. The van der Waals surface area contributed by atoms with Gasteiger partial charge in [0.2, 0.25) is 0 Å². The van der Waals surface area contributed by atoms with E-state index in [1.54, 1.807) is 0 Å². The average Bonchev–Trinajstić information content (AvgIpc) is 1.65. The standard InChI is InChI=1S/C3H5Cl2N/c4-1-3(5)2-6/h1H,2,6H2/b3-1+. The van der Waals surface area contributed by atoms with Crippen molar-refractivity contribution in [2.45, 2.75) is 0 Å². The van der Waals surface area contributed by atoms with Crippen LogP contribution in [0.5, 0.6) is 0 Å². The maximum absolute atomic E-state index is 5.25. The molecule has 0 heterocycles. The Kier molecular flexibility index (Phi) is 3.63. The smallest absolute Gasteiger partial charge is 0.0429 e. The molecular weight excluding hydrogens is 121 g/mol. The molecule has 36 valence electrons. The maximum atomic E-state index is 5.25. The van der Waals surface area contributed by atoms with E-state index in [-0.39, 0.29) is 0 Å². The Hall–Kier alpha value is 0.280. The number of halogens is 2. The Morgan fingerprint density at radius 2 is 2.33 bits per heavy atom. The fraction of sp³-hybridized carbons (Fsp3) is 0.333. The van der Waals surface area contributed by atoms with Crippen LogP contribution in [0.15, 0.2) is 10.6 Å². The quantitative estimate of drug-likeness (QED) is 0.562. The third-order valence-corrected chi connectivity index (χ3v) is 0.952. The van der Waals surface area contributed by atoms with Gasteiger partial charge in [-0.1, -0.05) is 23.2 Å². The summed E-state index contributed by atoms with van der Waals surface area (Å²) in [4.78, 5) is 0. The third kappa shape index (κ3) is 2.51. The van der Waals surface area contributed by atoms with Gasteiger partial charge in [0.25, 0.3) is 0 Å². The van der Waals surface area contributed by atoms with Gasteiger partial charge in [-0.2, -0.15) is 0 Å². The highest BCUT2D eigenvalue weighted by Gasteiger charge is 1.78. The maximum Gasteiger partial charge on any atom is 0.0429 e. The van der Waals surface area contributed by atoms with Crippen molar-refractivity contribution < 1.29 is 0 Å². The number of nitrogens with two attached hydrogens (primary N) is 1. The van der Waals surface area contributed by atoms with Gasteiger partial charge in [-0.3, -0.25) is 0 Å². The lowest BCUT2D eigenvalue weighted by atomic mass is 10.7. The fourth-order valence-corrected chi connectivity index (χ4v) is 0.134. The first-order valence-corrected chi connectivity index (χ1v) is 2.27. The molecule has 0 aromatic rings. The first-order chi connectivity index (χ1) is 2.81. The minimum atomic E-state index is 0.324. The topological polar surface area (TPSA) is 26.0 Å². The van der Waals surface area contributed by atoms with Crippen molar-refractivity contribution in [2.24, 2.45) is 5.73 Å². The van der Waals surface area contributed by atoms with Crippen LogP contribution in [0.4, 0.5) is 0 Å². The van der Waals surface area contributed by atoms with Crippen LogP contribution in [0.3, 0.4) is 0 Å². The molecular formula is C3H5Cl2N. The zero-order chi connectivity index (χ0) is 4.99. The van der Waals surface area contributed by atoms with Crippen molar-refractivity contribution in [2.75, 3.05) is 6.54 Å². The van der Waals surface area contributed by atoms with Gasteiger partial charge >= 0.3 is 0 Å². The Bertz CT molecular complexity index is 59.8. The first-order valence-electron chi connectivity index (χ1n) is 1.46. The Morgan fingerprint density at radius 3 is 2.33 bits per heavy atom. The first kappa shape index (κ1) is 6.28. The summed E-state index contributed by atoms with van der Waals surface area (Å²) in [6.45, 7) is 0.324. The monoisotopic (exact) mass is 125 g/mol. The summed E-state index contributed by atoms with van der Waals surface area (Å²) in [5.74, 6) is 0. The van der Waals surface area contributed by atoms with Crippen LogP contribution >= 0.6 is 23.2 Å². The lowest BCUT2D eigenvalue weighted by molar-refractivity contribution is 1.23. The molecule has 0 aromatic heterocycles. The summed E-state index contributed by atoms with van der Waals surface area (Å²) < 4.78 is 0. The van der Waals surface area contributed by atoms with Crippen molar-refractivity contribution >= 4 is 23.2 Å². The number of rotatable bonds is 1. The molecule has 0 radical (unpaired) electrons. The lowest BCUT2D eigenvalue weighted by Gasteiger charge is -1.80. The summed E-state index contributed by atoms with van der Waals surface area (Å²) in [6.07, 6.45) is 0. The van der Waals surface area contributed by atoms with E-state index in [9.17, 15) is 0 Å². The van der Waals surface area contributed by atoms with Gasteiger partial charge in [0.05, 0.1) is 0 Å². The van der Waals surface area contributed by atoms with Gasteiger partial charge in [-0.05, 0) is 0 Å². The second-order valence-corrected chi connectivity index (χ2v) is 1.46. The van der Waals surface area contributed by atoms with E-state index < -0.39 is 0 Å². The Balaban J connectivity index is 3.22. The minimum absolute atomic E-state index is 0.324. The van der Waals surface area contributed by atoms with E-state index in [1.165, 1.54) is 5.54 Å². The Morgan fingerprint density at radius 1 is 1.83 bits per heavy atom. The summed E-state index contributed by atoms with van der Waals surface area (Å²) in [7, 11) is 0. The molecule has 2 N–H and O–H groups in total. The van der Waals surface area contributed by atoms with Gasteiger partial charge in [0, 0.05) is 17.1 Å². The van der Waals surface area contributed by atoms with Crippen LogP contribution in [0, 0.1) is 0 Å². The number of hydrogen-bond acceptors (Lipinski definition) is 1. The molecule has 6 heavy (non-hydrogen) atoms. The summed E-state index contributed by atoms with van der Waals surface area (Å²) in [5.41, 5.74) is 6.25. The normalized spacial score (nSPS) is 12.2. The predicted molar refractivity (Wildman–Crippen MR) is 28.8 cm³/mol. The highest BCUT2D eigenvalue weighted by molar-refractivity contribution is 6.36. The van der Waals surface area contributed by atoms with E-state index in [1.807, 2.05) is 0 Å². The van der Waals surface area contributed by atoms with E-state index in [2.05, 4.69) is 0 Å². The van der Waals surface area contributed by atoms with E-state index in [0.29, 0.717) is 11.6 Å². The average molecular weight is 126 g/mol. The minimum Gasteiger partial charge on any atom is -0.326 e. The van der Waals surface area contributed by atoms with Gasteiger partial charge < -0.3 is 5.73 Å². The van der Waals surface area contributed by atoms with Crippen molar-refractivity contribution in [3.63, 3.8) is 0 Å². The summed E-state index contributed by atoms with van der Waals surface area (Å²) in [6, 6.07) is 0. The van der Waals surface area contributed by atoms with E-state index in [4.69, 9.17) is 28.9 Å². The molecule has 0 amide bonds. The molecule has 0 saturated heterocycles. The molecule has 0 aliphatic rings. The largest absolute Gasteiger partial charge is 0.326 e. The van der Waals surface area contributed by atoms with Crippen LogP contribution in [-0.4, -0.2) is 6.54 Å². The molecule has 0 atom stereocenters. The highest BCUT2D eigenvalue weighted by Crippen LogP contribution is 1.97. The van der Waals surface area contributed by atoms with Crippen LogP contribution in [0.1, 0.15) is 0 Å². The lowest BCUT2D eigenvalue weighted by Crippen LogP contribution is -1.96. The molecule has 0 aliphatic heterocycles. The molecule has 0 fully saturated rings. The SMILES string of the molecule is NC/C(Cl)=C\Cl. The zero-order valence-electron chi connectivity index (χ0n) is 3.12. The summed E-state index contributed by atoms with van der Waals surface area (Å²) >= 11 is 10.3. The molecule has 0 rings (SSSR count). The number of hydrogen-bond donors (Lipinski definition) is 1. The molecule has 1 nitrogen and oxygen atoms in total. The van der Waals surface area contributed by atoms with Crippen LogP contribution in [0.25, 0.3) is 0 Å². The predicted octanol–water partition coefficient (Wildman–Crippen LogP) is 1.26. The fourth-order valence-electron chi connectivity index (χ4n) is 0.0445. The summed E-state index contributed by atoms with van der Waals surface area (Å²) in [5, 5.41) is 0.483. The third-order valence-electron chi connectivity index (χ3n) is 0.313. The second kappa shape index (κ2) is 3.47. The van der Waals surface area contributed by atoms with Crippen LogP contribution < -0.4 is 5.73 Å². The van der Waals surface area contributed by atoms with Gasteiger partial charge in [0.15, 0.2) is 0 Å². The van der Waals surface area contributed by atoms with Gasteiger partial charge in [-0.15, -0.1) is 0 Å². The molecule has 0 aromatic carbocycles. The van der Waals surface area contributed by atoms with E-state index in [0.717, 1.165) is 0 Å². The van der Waals surface area contributed by atoms with Crippen LogP contribution in [0.2, 0.25) is 0 Å². The van der Waals surface area contributed by atoms with Crippen LogP contribution in [-0.2, 0) is 0 Å². The molecule has 0 unspecified atom stereocenters. The van der Waals surface area contributed by atoms with Crippen molar-refractivity contribution in [3.05, 3.63) is 10.6 Å². The van der Waals surface area contributed by atoms with E-state index >= 15 is 0 Å². The second-order valence-electron chi connectivity index (χ2n) is 0.760. The highest BCUT2D eigenvalue weighted by atomic mass is 35.5. The molecule has 3 heteroatoms. The molecule has 0 saturated carbocycles. The van der Waals surface area contributed by atoms with Gasteiger partial charge in [0.1, 0.15) is 0 Å². The molecule has 0 spiro atoms. The Labute approximate surface area is 46.7 Å².